The van der Waals surface area contributed by atoms with E-state index in [0.29, 0.717) is 18.7 Å². The molecule has 0 aliphatic rings. The van der Waals surface area contributed by atoms with Crippen LogP contribution in [-0.4, -0.2) is 41.2 Å². The van der Waals surface area contributed by atoms with Gasteiger partial charge in [-0.25, -0.2) is 0 Å². The van der Waals surface area contributed by atoms with E-state index in [-0.39, 0.29) is 17.4 Å². The number of rotatable bonds is 10. The predicted molar refractivity (Wildman–Crippen MR) is 128 cm³/mol. The molecule has 0 radical (unpaired) electrons. The maximum absolute atomic E-state index is 13.2. The second-order valence-electron chi connectivity index (χ2n) is 8.51. The van der Waals surface area contributed by atoms with E-state index in [1.807, 2.05) is 70.2 Å². The van der Waals surface area contributed by atoms with Gasteiger partial charge in [-0.2, -0.15) is 0 Å². The van der Waals surface area contributed by atoms with Crippen molar-refractivity contribution >= 4 is 23.6 Å². The number of thioether (sulfide) groups is 1. The van der Waals surface area contributed by atoms with Crippen molar-refractivity contribution in [2.24, 2.45) is 0 Å². The number of carbonyl (C=O) groups excluding carboxylic acids is 2. The molecule has 31 heavy (non-hydrogen) atoms. The number of carbonyl (C=O) groups is 2. The normalized spacial score (nSPS) is 12.2. The van der Waals surface area contributed by atoms with Crippen molar-refractivity contribution in [3.8, 4) is 5.75 Å². The molecule has 168 valence electrons. The molecule has 2 rings (SSSR count). The number of benzene rings is 2. The first-order valence-electron chi connectivity index (χ1n) is 10.6. The minimum atomic E-state index is -0.522. The first kappa shape index (κ1) is 24.8. The number of hydrogen-bond acceptors (Lipinski definition) is 4. The average molecular weight is 443 g/mol. The van der Waals surface area contributed by atoms with Gasteiger partial charge in [0.05, 0.1) is 12.9 Å². The maximum Gasteiger partial charge on any atom is 0.243 e. The number of amides is 2. The number of hydrogen-bond donors (Lipinski definition) is 1. The number of nitrogens with zero attached hydrogens (tertiary/aromatic N) is 1. The minimum Gasteiger partial charge on any atom is -0.497 e. The molecule has 1 N–H and O–H groups in total. The van der Waals surface area contributed by atoms with Crippen LogP contribution in [0.1, 0.15) is 45.2 Å². The van der Waals surface area contributed by atoms with Crippen LogP contribution in [0.5, 0.6) is 5.75 Å². The fraction of sp³-hybridized carbons (Fsp3) is 0.440. The molecule has 1 unspecified atom stereocenters. The fourth-order valence-corrected chi connectivity index (χ4v) is 4.08. The first-order valence-corrected chi connectivity index (χ1v) is 11.7. The van der Waals surface area contributed by atoms with Crippen LogP contribution in [0, 0.1) is 0 Å². The highest BCUT2D eigenvalue weighted by Gasteiger charge is 2.30. The molecule has 2 aromatic carbocycles. The van der Waals surface area contributed by atoms with Crippen LogP contribution in [0.3, 0.4) is 0 Å². The van der Waals surface area contributed by atoms with Crippen LogP contribution in [-0.2, 0) is 21.9 Å². The number of ether oxygens (including phenoxy) is 1. The lowest BCUT2D eigenvalue weighted by Crippen LogP contribution is -2.53. The lowest BCUT2D eigenvalue weighted by atomic mass is 10.1. The Morgan fingerprint density at radius 2 is 1.68 bits per heavy atom. The van der Waals surface area contributed by atoms with Gasteiger partial charge in [0.1, 0.15) is 11.8 Å². The fourth-order valence-electron chi connectivity index (χ4n) is 3.21. The molecule has 6 heteroatoms. The lowest BCUT2D eigenvalue weighted by Gasteiger charge is -2.33. The van der Waals surface area contributed by atoms with E-state index in [4.69, 9.17) is 4.74 Å². The molecule has 0 fully saturated rings. The van der Waals surface area contributed by atoms with E-state index < -0.39 is 6.04 Å². The quantitative estimate of drug-likeness (QED) is 0.582. The lowest BCUT2D eigenvalue weighted by molar-refractivity contribution is -0.140. The average Bonchev–Trinajstić information content (AvgIpc) is 2.73. The van der Waals surface area contributed by atoms with Crippen molar-refractivity contribution in [2.75, 3.05) is 12.9 Å². The summed E-state index contributed by atoms with van der Waals surface area (Å²) < 4.78 is 5.23. The van der Waals surface area contributed by atoms with Crippen molar-refractivity contribution in [1.29, 1.82) is 0 Å². The minimum absolute atomic E-state index is 0.0346. The van der Waals surface area contributed by atoms with Gasteiger partial charge in [0.2, 0.25) is 11.8 Å². The van der Waals surface area contributed by atoms with Gasteiger partial charge in [-0.3, -0.25) is 9.59 Å². The van der Waals surface area contributed by atoms with E-state index in [9.17, 15) is 9.59 Å². The molecule has 0 aromatic heterocycles. The van der Waals surface area contributed by atoms with Crippen LogP contribution in [0.2, 0.25) is 0 Å². The van der Waals surface area contributed by atoms with Crippen LogP contribution >= 0.6 is 11.8 Å². The summed E-state index contributed by atoms with van der Waals surface area (Å²) in [5, 5.41) is 3.03. The maximum atomic E-state index is 13.2. The van der Waals surface area contributed by atoms with Crippen LogP contribution in [0.15, 0.2) is 54.6 Å². The zero-order valence-electron chi connectivity index (χ0n) is 19.2. The highest BCUT2D eigenvalue weighted by Crippen LogP contribution is 2.19. The van der Waals surface area contributed by atoms with Gasteiger partial charge >= 0.3 is 0 Å². The van der Waals surface area contributed by atoms with Crippen molar-refractivity contribution in [1.82, 2.24) is 10.2 Å². The standard InChI is InChI=1S/C25H34N2O3S/c1-6-22(24(29)26-25(2,3)4)27(16-19-12-14-21(30-5)15-13-19)23(28)18-31-17-20-10-8-7-9-11-20/h7-15,22H,6,16-18H2,1-5H3,(H,26,29). The van der Waals surface area contributed by atoms with Crippen molar-refractivity contribution in [3.63, 3.8) is 0 Å². The van der Waals surface area contributed by atoms with E-state index in [1.54, 1.807) is 23.8 Å². The molecule has 0 saturated carbocycles. The predicted octanol–water partition coefficient (Wildman–Crippen LogP) is 4.65. The summed E-state index contributed by atoms with van der Waals surface area (Å²) in [5.41, 5.74) is 1.78. The van der Waals surface area contributed by atoms with Gasteiger partial charge in [0.25, 0.3) is 0 Å². The monoisotopic (exact) mass is 442 g/mol. The Hall–Kier alpha value is -2.47. The molecule has 2 amide bonds. The van der Waals surface area contributed by atoms with E-state index >= 15 is 0 Å². The highest BCUT2D eigenvalue weighted by atomic mass is 32.2. The van der Waals surface area contributed by atoms with Crippen molar-refractivity contribution in [3.05, 3.63) is 65.7 Å². The molecule has 0 heterocycles. The Kier molecular flexibility index (Phi) is 9.44. The summed E-state index contributed by atoms with van der Waals surface area (Å²) in [6.45, 7) is 8.16. The summed E-state index contributed by atoms with van der Waals surface area (Å²) in [6.07, 6.45) is 0.549. The Morgan fingerprint density at radius 3 is 2.23 bits per heavy atom. The zero-order valence-corrected chi connectivity index (χ0v) is 20.0. The largest absolute Gasteiger partial charge is 0.497 e. The van der Waals surface area contributed by atoms with Crippen LogP contribution < -0.4 is 10.1 Å². The first-order chi connectivity index (χ1) is 14.7. The Morgan fingerprint density at radius 1 is 1.03 bits per heavy atom. The van der Waals surface area contributed by atoms with Gasteiger partial charge < -0.3 is 15.0 Å². The number of nitrogens with one attached hydrogen (secondary N) is 1. The molecule has 5 nitrogen and oxygen atoms in total. The molecule has 0 spiro atoms. The summed E-state index contributed by atoms with van der Waals surface area (Å²) in [5.74, 6) is 1.69. The summed E-state index contributed by atoms with van der Waals surface area (Å²) in [4.78, 5) is 27.9. The molecule has 0 aliphatic carbocycles. The second kappa shape index (κ2) is 11.8. The smallest absolute Gasteiger partial charge is 0.243 e. The Balaban J connectivity index is 2.15. The molecule has 0 saturated heterocycles. The van der Waals surface area contributed by atoms with Gasteiger partial charge in [-0.15, -0.1) is 11.8 Å². The summed E-state index contributed by atoms with van der Waals surface area (Å²) in [6, 6.07) is 17.2. The molecular formula is C25H34N2O3S. The van der Waals surface area contributed by atoms with E-state index in [1.165, 1.54) is 5.56 Å². The number of methoxy groups -OCH3 is 1. The zero-order chi connectivity index (χ0) is 22.9. The molecule has 2 aromatic rings. The molecular weight excluding hydrogens is 408 g/mol. The molecule has 0 bridgehead atoms. The van der Waals surface area contributed by atoms with E-state index in [2.05, 4.69) is 17.4 Å². The molecule has 0 aliphatic heterocycles. The van der Waals surface area contributed by atoms with Crippen molar-refractivity contribution < 1.29 is 14.3 Å². The van der Waals surface area contributed by atoms with Gasteiger partial charge in [0.15, 0.2) is 0 Å². The Labute approximate surface area is 190 Å². The molecule has 1 atom stereocenters. The second-order valence-corrected chi connectivity index (χ2v) is 9.50. The van der Waals surface area contributed by atoms with E-state index in [0.717, 1.165) is 17.1 Å². The van der Waals surface area contributed by atoms with Crippen molar-refractivity contribution in [2.45, 2.75) is 58.0 Å². The third-order valence-corrected chi connectivity index (χ3v) is 5.72. The van der Waals surface area contributed by atoms with Crippen LogP contribution in [0.4, 0.5) is 0 Å². The topological polar surface area (TPSA) is 58.6 Å². The van der Waals surface area contributed by atoms with Gasteiger partial charge in [0, 0.05) is 17.8 Å². The Bertz CT molecular complexity index is 832. The SMILES string of the molecule is CCC(C(=O)NC(C)(C)C)N(Cc1ccc(OC)cc1)C(=O)CSCc1ccccc1. The van der Waals surface area contributed by atoms with Crippen LogP contribution in [0.25, 0.3) is 0 Å². The third-order valence-electron chi connectivity index (χ3n) is 4.73. The van der Waals surface area contributed by atoms with Gasteiger partial charge in [-0.05, 0) is 50.5 Å². The highest BCUT2D eigenvalue weighted by molar-refractivity contribution is 7.99. The summed E-state index contributed by atoms with van der Waals surface area (Å²) in [7, 11) is 1.62. The summed E-state index contributed by atoms with van der Waals surface area (Å²) >= 11 is 1.57. The third kappa shape index (κ3) is 8.29. The van der Waals surface area contributed by atoms with Gasteiger partial charge in [-0.1, -0.05) is 49.4 Å².